The molecule has 1 heterocycles. The number of hydrogen-bond acceptors (Lipinski definition) is 5. The molecule has 3 rings (SSSR count). The van der Waals surface area contributed by atoms with E-state index in [0.717, 1.165) is 5.56 Å². The van der Waals surface area contributed by atoms with Gasteiger partial charge in [-0.05, 0) is 18.2 Å². The highest BCUT2D eigenvalue weighted by Crippen LogP contribution is 2.40. The van der Waals surface area contributed by atoms with Crippen molar-refractivity contribution in [3.63, 3.8) is 0 Å². The molecule has 6 nitrogen and oxygen atoms in total. The summed E-state index contributed by atoms with van der Waals surface area (Å²) >= 11 is 6.16. The maximum atomic E-state index is 12.8. The number of ether oxygens (including phenoxy) is 4. The molecule has 0 aliphatic carbocycles. The predicted molar refractivity (Wildman–Crippen MR) is 92.9 cm³/mol. The van der Waals surface area contributed by atoms with Gasteiger partial charge in [0.05, 0.1) is 19.2 Å². The molecule has 0 bridgehead atoms. The average Bonchev–Trinajstić information content (AvgIpc) is 3.09. The second-order valence-electron chi connectivity index (χ2n) is 5.51. The topological polar surface area (TPSA) is 57.2 Å². The van der Waals surface area contributed by atoms with Gasteiger partial charge in [0.1, 0.15) is 0 Å². The Balaban J connectivity index is 1.84. The van der Waals surface area contributed by atoms with Gasteiger partial charge in [-0.3, -0.25) is 4.79 Å². The van der Waals surface area contributed by atoms with Crippen LogP contribution in [0.1, 0.15) is 15.9 Å². The number of benzene rings is 2. The molecule has 0 radical (unpaired) electrons. The number of para-hydroxylation sites is 1. The first-order chi connectivity index (χ1) is 12.0. The standard InChI is InChI=1S/C18H18ClNO5/c1-20(9-11-5-4-6-14(22-2)16(11)23-3)18(21)12-7-13(19)17-15(8-12)24-10-25-17/h4-8H,9-10H2,1-3H3. The summed E-state index contributed by atoms with van der Waals surface area (Å²) in [4.78, 5) is 14.3. The largest absolute Gasteiger partial charge is 0.493 e. The van der Waals surface area contributed by atoms with Gasteiger partial charge in [-0.15, -0.1) is 0 Å². The normalized spacial score (nSPS) is 12.0. The van der Waals surface area contributed by atoms with Gasteiger partial charge in [0.25, 0.3) is 5.91 Å². The van der Waals surface area contributed by atoms with Crippen molar-refractivity contribution in [2.45, 2.75) is 6.54 Å². The van der Waals surface area contributed by atoms with Gasteiger partial charge in [0, 0.05) is 24.7 Å². The zero-order valence-corrected chi connectivity index (χ0v) is 14.9. The van der Waals surface area contributed by atoms with E-state index in [-0.39, 0.29) is 12.7 Å². The van der Waals surface area contributed by atoms with Crippen LogP contribution in [0.3, 0.4) is 0 Å². The molecule has 1 aliphatic rings. The Morgan fingerprint density at radius 1 is 1.24 bits per heavy atom. The Kier molecular flexibility index (Phi) is 4.90. The van der Waals surface area contributed by atoms with Crippen LogP contribution in [0.4, 0.5) is 0 Å². The van der Waals surface area contributed by atoms with Crippen LogP contribution < -0.4 is 18.9 Å². The quantitative estimate of drug-likeness (QED) is 0.815. The van der Waals surface area contributed by atoms with Crippen LogP contribution in [0.2, 0.25) is 5.02 Å². The number of rotatable bonds is 5. The maximum Gasteiger partial charge on any atom is 0.254 e. The van der Waals surface area contributed by atoms with E-state index in [1.54, 1.807) is 38.3 Å². The van der Waals surface area contributed by atoms with Crippen molar-refractivity contribution >= 4 is 17.5 Å². The first-order valence-electron chi connectivity index (χ1n) is 7.59. The zero-order valence-electron chi connectivity index (χ0n) is 14.2. The highest BCUT2D eigenvalue weighted by atomic mass is 35.5. The molecule has 132 valence electrons. The van der Waals surface area contributed by atoms with Gasteiger partial charge < -0.3 is 23.8 Å². The summed E-state index contributed by atoms with van der Waals surface area (Å²) in [5.74, 6) is 1.98. The van der Waals surface area contributed by atoms with E-state index < -0.39 is 0 Å². The summed E-state index contributed by atoms with van der Waals surface area (Å²) < 4.78 is 21.3. The lowest BCUT2D eigenvalue weighted by Gasteiger charge is -2.20. The van der Waals surface area contributed by atoms with Crippen LogP contribution in [0, 0.1) is 0 Å². The molecule has 2 aromatic carbocycles. The third kappa shape index (κ3) is 3.30. The van der Waals surface area contributed by atoms with Crippen molar-refractivity contribution in [3.8, 4) is 23.0 Å². The average molecular weight is 364 g/mol. The fraction of sp³-hybridized carbons (Fsp3) is 0.278. The van der Waals surface area contributed by atoms with Gasteiger partial charge in [0.2, 0.25) is 6.79 Å². The monoisotopic (exact) mass is 363 g/mol. The Bertz CT molecular complexity index is 808. The number of amides is 1. The molecule has 0 fully saturated rings. The summed E-state index contributed by atoms with van der Waals surface area (Å²) in [5.41, 5.74) is 1.27. The van der Waals surface area contributed by atoms with Gasteiger partial charge >= 0.3 is 0 Å². The van der Waals surface area contributed by atoms with Crippen molar-refractivity contribution in [1.29, 1.82) is 0 Å². The van der Waals surface area contributed by atoms with E-state index in [9.17, 15) is 4.79 Å². The third-order valence-corrected chi connectivity index (χ3v) is 4.19. The van der Waals surface area contributed by atoms with Crippen molar-refractivity contribution in [1.82, 2.24) is 4.90 Å². The molecule has 0 unspecified atom stereocenters. The molecule has 0 saturated carbocycles. The molecular formula is C18H18ClNO5. The second-order valence-corrected chi connectivity index (χ2v) is 5.91. The highest BCUT2D eigenvalue weighted by molar-refractivity contribution is 6.32. The number of nitrogens with zero attached hydrogens (tertiary/aromatic N) is 1. The minimum atomic E-state index is -0.190. The zero-order chi connectivity index (χ0) is 18.0. The van der Waals surface area contributed by atoms with Crippen LogP contribution in [0.25, 0.3) is 0 Å². The van der Waals surface area contributed by atoms with Crippen LogP contribution in [-0.2, 0) is 6.54 Å². The lowest BCUT2D eigenvalue weighted by Crippen LogP contribution is -2.26. The summed E-state index contributed by atoms with van der Waals surface area (Å²) in [6.07, 6.45) is 0. The van der Waals surface area contributed by atoms with E-state index >= 15 is 0 Å². The Labute approximate surface area is 150 Å². The molecule has 2 aromatic rings. The fourth-order valence-corrected chi connectivity index (χ4v) is 2.98. The molecule has 1 amide bonds. The van der Waals surface area contributed by atoms with Crippen LogP contribution in [0.5, 0.6) is 23.0 Å². The van der Waals surface area contributed by atoms with Gasteiger partial charge in [-0.2, -0.15) is 0 Å². The number of carbonyl (C=O) groups excluding carboxylic acids is 1. The van der Waals surface area contributed by atoms with Crippen LogP contribution in [0.15, 0.2) is 30.3 Å². The Morgan fingerprint density at radius 2 is 2.04 bits per heavy atom. The van der Waals surface area contributed by atoms with E-state index in [0.29, 0.717) is 40.1 Å². The molecular weight excluding hydrogens is 346 g/mol. The number of methoxy groups -OCH3 is 2. The van der Waals surface area contributed by atoms with Crippen molar-refractivity contribution < 1.29 is 23.7 Å². The lowest BCUT2D eigenvalue weighted by molar-refractivity contribution is 0.0783. The van der Waals surface area contributed by atoms with Gasteiger partial charge in [-0.25, -0.2) is 0 Å². The first-order valence-corrected chi connectivity index (χ1v) is 7.97. The molecule has 0 N–H and O–H groups in total. The van der Waals surface area contributed by atoms with Gasteiger partial charge in [0.15, 0.2) is 23.0 Å². The summed E-state index contributed by atoms with van der Waals surface area (Å²) in [7, 11) is 4.85. The van der Waals surface area contributed by atoms with E-state index in [4.69, 9.17) is 30.5 Å². The molecule has 7 heteroatoms. The minimum Gasteiger partial charge on any atom is -0.493 e. The van der Waals surface area contributed by atoms with Crippen LogP contribution in [-0.4, -0.2) is 38.9 Å². The van der Waals surface area contributed by atoms with E-state index in [1.807, 2.05) is 18.2 Å². The lowest BCUT2D eigenvalue weighted by atomic mass is 10.1. The predicted octanol–water partition coefficient (Wildman–Crippen LogP) is 3.36. The smallest absolute Gasteiger partial charge is 0.254 e. The Morgan fingerprint density at radius 3 is 2.76 bits per heavy atom. The van der Waals surface area contributed by atoms with Crippen molar-refractivity contribution in [2.75, 3.05) is 28.1 Å². The van der Waals surface area contributed by atoms with Crippen molar-refractivity contribution in [2.24, 2.45) is 0 Å². The highest BCUT2D eigenvalue weighted by Gasteiger charge is 2.23. The second kappa shape index (κ2) is 7.11. The summed E-state index contributed by atoms with van der Waals surface area (Å²) in [6.45, 7) is 0.453. The molecule has 0 aromatic heterocycles. The van der Waals surface area contributed by atoms with Crippen LogP contribution >= 0.6 is 11.6 Å². The maximum absolute atomic E-state index is 12.8. The Hall–Kier alpha value is -2.60. The molecule has 0 spiro atoms. The SMILES string of the molecule is COc1cccc(CN(C)C(=O)c2cc(Cl)c3c(c2)OCO3)c1OC. The first kappa shape index (κ1) is 17.2. The summed E-state index contributed by atoms with van der Waals surface area (Å²) in [6, 6.07) is 8.76. The molecule has 0 atom stereocenters. The molecule has 0 saturated heterocycles. The van der Waals surface area contributed by atoms with E-state index in [1.165, 1.54) is 0 Å². The number of halogens is 1. The minimum absolute atomic E-state index is 0.101. The van der Waals surface area contributed by atoms with Crippen molar-refractivity contribution in [3.05, 3.63) is 46.5 Å². The fourth-order valence-electron chi connectivity index (χ4n) is 2.72. The number of carbonyl (C=O) groups is 1. The molecule has 1 aliphatic heterocycles. The van der Waals surface area contributed by atoms with E-state index in [2.05, 4.69) is 0 Å². The third-order valence-electron chi connectivity index (χ3n) is 3.91. The number of fused-ring (bicyclic) bond motifs is 1. The number of hydrogen-bond donors (Lipinski definition) is 0. The molecule has 25 heavy (non-hydrogen) atoms. The summed E-state index contributed by atoms with van der Waals surface area (Å²) in [5, 5.41) is 0.353. The van der Waals surface area contributed by atoms with Gasteiger partial charge in [-0.1, -0.05) is 23.7 Å².